The van der Waals surface area contributed by atoms with E-state index in [-0.39, 0.29) is 63.1 Å². The number of aliphatic hydroxyl groups excluding tert-OH is 1. The summed E-state index contributed by atoms with van der Waals surface area (Å²) in [5.41, 5.74) is 3.08. The maximum absolute atomic E-state index is 13.6. The molecular weight excluding hydrogens is 596 g/mol. The monoisotopic (exact) mass is 642 g/mol. The molecule has 9 heteroatoms. The number of ether oxygens (including phenoxy) is 3. The number of carbonyl (C=O) groups is 3. The highest BCUT2D eigenvalue weighted by Crippen LogP contribution is 2.20. The summed E-state index contributed by atoms with van der Waals surface area (Å²) >= 11 is 0. The van der Waals surface area contributed by atoms with E-state index in [1.165, 1.54) is 0 Å². The van der Waals surface area contributed by atoms with Crippen LogP contribution < -0.4 is 15.4 Å². The topological polar surface area (TPSA) is 123 Å². The van der Waals surface area contributed by atoms with Gasteiger partial charge < -0.3 is 30.0 Å². The van der Waals surface area contributed by atoms with Gasteiger partial charge in [0.15, 0.2) is 0 Å². The second-order valence-corrected chi connectivity index (χ2v) is 11.7. The first-order valence-corrected chi connectivity index (χ1v) is 16.4. The van der Waals surface area contributed by atoms with E-state index in [9.17, 15) is 14.4 Å². The fourth-order valence-corrected chi connectivity index (χ4v) is 5.40. The smallest absolute Gasteiger partial charge is 0.309 e. The van der Waals surface area contributed by atoms with E-state index in [1.807, 2.05) is 97.1 Å². The van der Waals surface area contributed by atoms with Gasteiger partial charge in [0.05, 0.1) is 37.7 Å². The highest BCUT2D eigenvalue weighted by atomic mass is 16.5. The summed E-state index contributed by atoms with van der Waals surface area (Å²) in [4.78, 5) is 39.7. The molecule has 1 heterocycles. The number of amides is 2. The Morgan fingerprint density at radius 2 is 1.55 bits per heavy atom. The van der Waals surface area contributed by atoms with E-state index in [1.54, 1.807) is 0 Å². The van der Waals surface area contributed by atoms with Gasteiger partial charge in [0.25, 0.3) is 0 Å². The molecule has 47 heavy (non-hydrogen) atoms. The van der Waals surface area contributed by atoms with E-state index < -0.39 is 12.0 Å². The lowest BCUT2D eigenvalue weighted by Gasteiger charge is -2.23. The molecule has 250 valence electrons. The first-order valence-electron chi connectivity index (χ1n) is 16.4. The Morgan fingerprint density at radius 3 is 2.28 bits per heavy atom. The third-order valence-electron chi connectivity index (χ3n) is 7.96. The van der Waals surface area contributed by atoms with Crippen LogP contribution >= 0.6 is 0 Å². The number of hydrogen-bond acceptors (Lipinski definition) is 7. The second-order valence-electron chi connectivity index (χ2n) is 11.7. The Bertz CT molecular complexity index is 1400. The Morgan fingerprint density at radius 1 is 0.851 bits per heavy atom. The number of aliphatic hydroxyl groups is 1. The van der Waals surface area contributed by atoms with Gasteiger partial charge in [-0.3, -0.25) is 14.4 Å². The quantitative estimate of drug-likeness (QED) is 0.134. The zero-order valence-electron chi connectivity index (χ0n) is 26.9. The van der Waals surface area contributed by atoms with Crippen LogP contribution in [0, 0.1) is 11.8 Å². The largest absolute Gasteiger partial charge is 0.489 e. The predicted molar refractivity (Wildman–Crippen MR) is 179 cm³/mol. The van der Waals surface area contributed by atoms with E-state index in [0.717, 1.165) is 22.4 Å². The molecule has 0 unspecified atom stereocenters. The van der Waals surface area contributed by atoms with Crippen molar-refractivity contribution in [1.82, 2.24) is 10.6 Å². The summed E-state index contributed by atoms with van der Waals surface area (Å²) in [6.45, 7) is 1.15. The van der Waals surface area contributed by atoms with Crippen molar-refractivity contribution in [3.63, 3.8) is 0 Å². The van der Waals surface area contributed by atoms with Crippen molar-refractivity contribution in [2.24, 2.45) is 11.8 Å². The lowest BCUT2D eigenvalue weighted by molar-refractivity contribution is -0.150. The van der Waals surface area contributed by atoms with Crippen molar-refractivity contribution < 1.29 is 33.7 Å². The molecule has 0 radical (unpaired) electrons. The zero-order valence-corrected chi connectivity index (χ0v) is 26.9. The average molecular weight is 643 g/mol. The number of hydrogen-bond donors (Lipinski definition) is 3. The Kier molecular flexibility index (Phi) is 15.0. The molecule has 3 atom stereocenters. The summed E-state index contributed by atoms with van der Waals surface area (Å²) < 4.78 is 17.0. The van der Waals surface area contributed by atoms with Crippen molar-refractivity contribution in [1.29, 1.82) is 0 Å². The predicted octanol–water partition coefficient (Wildman–Crippen LogP) is 4.57. The fourth-order valence-electron chi connectivity index (χ4n) is 5.40. The van der Waals surface area contributed by atoms with Gasteiger partial charge in [-0.25, -0.2) is 0 Å². The lowest BCUT2D eigenvalue weighted by Crippen LogP contribution is -2.44. The normalized spacial score (nSPS) is 19.0. The molecule has 0 aliphatic carbocycles. The van der Waals surface area contributed by atoms with Gasteiger partial charge in [0, 0.05) is 13.0 Å². The SMILES string of the molecule is O=C(C[C@H]1CC=CCC[C@H](Cc2ccccc2)C(=O)OC[C@H](Cc2ccc(OCc3ccccc3)cc2)NC1=O)NCCOCCO. The number of allylic oxidation sites excluding steroid dienone is 2. The standard InChI is InChI=1S/C38H46N2O7/c41-21-23-45-22-20-39-36(42)26-32-14-8-3-9-15-33(24-29-10-4-1-5-11-29)38(44)47-28-34(40-37(32)43)25-30-16-18-35(19-17-30)46-27-31-12-6-2-7-13-31/h1-8,10-13,16-19,32-34,41H,9,14-15,20-28H2,(H,39,42)(H,40,43)/t32-,33-,34+/m1/s1. The minimum Gasteiger partial charge on any atom is -0.489 e. The average Bonchev–Trinajstić information content (AvgIpc) is 3.10. The first-order chi connectivity index (χ1) is 23.0. The van der Waals surface area contributed by atoms with E-state index >= 15 is 0 Å². The van der Waals surface area contributed by atoms with Crippen LogP contribution in [0.3, 0.4) is 0 Å². The van der Waals surface area contributed by atoms with Crippen LogP contribution in [-0.2, 0) is 43.3 Å². The van der Waals surface area contributed by atoms with Crippen molar-refractivity contribution in [3.05, 3.63) is 114 Å². The van der Waals surface area contributed by atoms with Crippen LogP contribution in [0.25, 0.3) is 0 Å². The second kappa shape index (κ2) is 19.9. The zero-order chi connectivity index (χ0) is 33.1. The number of benzene rings is 3. The number of carbonyl (C=O) groups excluding carboxylic acids is 3. The molecule has 3 aromatic carbocycles. The molecule has 3 aromatic rings. The van der Waals surface area contributed by atoms with Crippen molar-refractivity contribution >= 4 is 17.8 Å². The van der Waals surface area contributed by atoms with Crippen LogP contribution in [0.15, 0.2) is 97.1 Å². The van der Waals surface area contributed by atoms with Crippen LogP contribution in [-0.4, -0.2) is 61.9 Å². The molecule has 4 rings (SSSR count). The number of rotatable bonds is 14. The van der Waals surface area contributed by atoms with Crippen molar-refractivity contribution in [3.8, 4) is 5.75 Å². The van der Waals surface area contributed by atoms with Crippen LogP contribution in [0.4, 0.5) is 0 Å². The van der Waals surface area contributed by atoms with Crippen LogP contribution in [0.1, 0.15) is 42.4 Å². The van der Waals surface area contributed by atoms with Crippen molar-refractivity contribution in [2.45, 2.75) is 51.2 Å². The molecule has 1 aliphatic heterocycles. The lowest BCUT2D eigenvalue weighted by atomic mass is 9.94. The van der Waals surface area contributed by atoms with Gasteiger partial charge in [-0.2, -0.15) is 0 Å². The van der Waals surface area contributed by atoms with Crippen LogP contribution in [0.5, 0.6) is 5.75 Å². The van der Waals surface area contributed by atoms with Gasteiger partial charge in [0.1, 0.15) is 19.0 Å². The summed E-state index contributed by atoms with van der Waals surface area (Å²) in [6.07, 6.45) is 6.55. The first kappa shape index (κ1) is 35.4. The molecule has 0 saturated carbocycles. The van der Waals surface area contributed by atoms with E-state index in [2.05, 4.69) is 10.6 Å². The van der Waals surface area contributed by atoms with Gasteiger partial charge in [0.2, 0.25) is 11.8 Å². The van der Waals surface area contributed by atoms with Gasteiger partial charge in [-0.1, -0.05) is 84.9 Å². The maximum atomic E-state index is 13.6. The maximum Gasteiger partial charge on any atom is 0.309 e. The molecule has 3 N–H and O–H groups in total. The molecule has 1 aliphatic rings. The summed E-state index contributed by atoms with van der Waals surface area (Å²) in [6, 6.07) is 27.0. The Hall–Kier alpha value is -4.47. The molecule has 0 spiro atoms. The summed E-state index contributed by atoms with van der Waals surface area (Å²) in [5.74, 6) is -1.01. The van der Waals surface area contributed by atoms with Gasteiger partial charge in [-0.05, 0) is 60.9 Å². The highest BCUT2D eigenvalue weighted by molar-refractivity contribution is 5.86. The molecule has 9 nitrogen and oxygen atoms in total. The van der Waals surface area contributed by atoms with Crippen molar-refractivity contribution in [2.75, 3.05) is 33.0 Å². The molecule has 0 bridgehead atoms. The minimum absolute atomic E-state index is 0.00671. The van der Waals surface area contributed by atoms with Gasteiger partial charge in [-0.15, -0.1) is 0 Å². The molecule has 0 saturated heterocycles. The third kappa shape index (κ3) is 13.0. The van der Waals surface area contributed by atoms with E-state index in [0.29, 0.717) is 38.7 Å². The molecule has 2 amide bonds. The molecule has 0 fully saturated rings. The highest BCUT2D eigenvalue weighted by Gasteiger charge is 2.27. The molecule has 0 aromatic heterocycles. The minimum atomic E-state index is -0.600. The van der Waals surface area contributed by atoms with Gasteiger partial charge >= 0.3 is 5.97 Å². The van der Waals surface area contributed by atoms with Crippen LogP contribution in [0.2, 0.25) is 0 Å². The summed E-state index contributed by atoms with van der Waals surface area (Å²) in [5, 5.41) is 14.7. The summed E-state index contributed by atoms with van der Waals surface area (Å²) in [7, 11) is 0. The Balaban J connectivity index is 1.44. The fraction of sp³-hybridized carbons (Fsp3) is 0.395. The van der Waals surface area contributed by atoms with E-state index in [4.69, 9.17) is 19.3 Å². The number of cyclic esters (lactones) is 1. The number of esters is 1. The Labute approximate surface area is 277 Å². The number of nitrogens with one attached hydrogen (secondary N) is 2. The third-order valence-corrected chi connectivity index (χ3v) is 7.96. The molecular formula is C38H46N2O7.